The molecule has 1 amide bonds. The van der Waals surface area contributed by atoms with Gasteiger partial charge in [-0.3, -0.25) is 9.59 Å². The van der Waals surface area contributed by atoms with Gasteiger partial charge in [-0.05, 0) is 111 Å². The first-order valence-corrected chi connectivity index (χ1v) is 25.7. The molecule has 1 rings (SSSR count). The van der Waals surface area contributed by atoms with E-state index in [1.807, 2.05) is 78.2 Å². The largest absolute Gasteiger partial charge is 0.508 e. The lowest BCUT2D eigenvalue weighted by Crippen LogP contribution is -2.52. The van der Waals surface area contributed by atoms with Crippen LogP contribution in [0.15, 0.2) is 34.8 Å². The number of nitrogens with one attached hydrogen (secondary N) is 1. The monoisotopic (exact) mass is 950 g/mol. The Bertz CT molecular complexity index is 1680. The zero-order valence-corrected chi connectivity index (χ0v) is 43.5. The molecule has 1 aromatic rings. The molecule has 0 aliphatic rings. The minimum atomic E-state index is -2.33. The van der Waals surface area contributed by atoms with Gasteiger partial charge in [0, 0.05) is 10.8 Å². The topological polar surface area (TPSA) is 139 Å². The summed E-state index contributed by atoms with van der Waals surface area (Å²) in [5, 5.41) is 5.91. The molecule has 0 saturated heterocycles. The average Bonchev–Trinajstić information content (AvgIpc) is 3.54. The van der Waals surface area contributed by atoms with E-state index in [2.05, 4.69) is 31.1 Å². The van der Waals surface area contributed by atoms with Crippen LogP contribution in [0.4, 0.5) is 9.59 Å². The lowest BCUT2D eigenvalue weighted by Gasteiger charge is -2.42. The van der Waals surface area contributed by atoms with Crippen LogP contribution in [0.1, 0.15) is 134 Å². The third-order valence-electron chi connectivity index (χ3n) is 10.4. The van der Waals surface area contributed by atoms with Gasteiger partial charge in [0.1, 0.15) is 29.7 Å². The summed E-state index contributed by atoms with van der Waals surface area (Å²) in [6.07, 6.45) is 5.24. The van der Waals surface area contributed by atoms with Crippen molar-refractivity contribution in [1.29, 1.82) is 0 Å². The molecule has 0 spiro atoms. The summed E-state index contributed by atoms with van der Waals surface area (Å²) in [6, 6.07) is 2.07. The third-order valence-corrected chi connectivity index (χ3v) is 16.2. The molecule has 0 unspecified atom stereocenters. The number of Topliss-reactive ketones (excluding diaryl/α,β-unsaturated/α-hetero) is 1. The molecule has 61 heavy (non-hydrogen) atoms. The van der Waals surface area contributed by atoms with Crippen molar-refractivity contribution in [3.05, 3.63) is 45.5 Å². The fraction of sp³-hybridized carbons (Fsp3) is 0.711. The number of carbonyl (C=O) groups excluding carboxylic acids is 4. The van der Waals surface area contributed by atoms with E-state index in [0.29, 0.717) is 12.8 Å². The average molecular weight is 953 g/mol. The summed E-state index contributed by atoms with van der Waals surface area (Å²) in [6.45, 7) is 29.5. The number of aryl methyl sites for hydroxylation is 1. The number of ketones is 1. The molecule has 11 nitrogen and oxygen atoms in total. The van der Waals surface area contributed by atoms with Gasteiger partial charge in [-0.25, -0.2) is 14.6 Å². The SMILES string of the molecule is CC[Si](CC)(CC)O[C@@H](CC(=O)OC(C)(C)C)C(C)(C)C(=O)[C@H](C)[C@@H](OC(=O)OCC(Cl)(Cl)Cl)[C@@H](C)CC=CC(C)=CC[C@H](NC(=O)OC(C)(C)C)C(C)=Cc1csc(C)n1. The lowest BCUT2D eigenvalue weighted by molar-refractivity contribution is -0.160. The highest BCUT2D eigenvalue weighted by Crippen LogP contribution is 2.38. The number of ether oxygens (including phenoxy) is 4. The molecule has 1 N–H and O–H groups in total. The van der Waals surface area contributed by atoms with Crippen molar-refractivity contribution in [1.82, 2.24) is 10.3 Å². The van der Waals surface area contributed by atoms with Gasteiger partial charge in [-0.15, -0.1) is 11.3 Å². The Hall–Kier alpha value is -2.42. The Kier molecular flexibility index (Phi) is 22.8. The van der Waals surface area contributed by atoms with Gasteiger partial charge in [-0.2, -0.15) is 0 Å². The fourth-order valence-electron chi connectivity index (χ4n) is 6.74. The van der Waals surface area contributed by atoms with E-state index in [0.717, 1.165) is 40.0 Å². The molecular formula is C45H73Cl3N2O9SSi. The summed E-state index contributed by atoms with van der Waals surface area (Å²) < 4.78 is 27.3. The van der Waals surface area contributed by atoms with Gasteiger partial charge in [-0.1, -0.05) is 107 Å². The van der Waals surface area contributed by atoms with Gasteiger partial charge in [0.25, 0.3) is 0 Å². The molecule has 0 fully saturated rings. The number of alkyl carbamates (subject to hydrolysis) is 1. The maximum atomic E-state index is 14.7. The number of carbonyl (C=O) groups is 4. The number of nitrogens with zero attached hydrogens (tertiary/aromatic N) is 1. The number of amides is 1. The van der Waals surface area contributed by atoms with Crippen LogP contribution >= 0.6 is 46.1 Å². The highest BCUT2D eigenvalue weighted by atomic mass is 35.6. The van der Waals surface area contributed by atoms with E-state index in [1.165, 1.54) is 0 Å². The van der Waals surface area contributed by atoms with Crippen LogP contribution in [0.2, 0.25) is 18.1 Å². The number of aromatic nitrogens is 1. The summed E-state index contributed by atoms with van der Waals surface area (Å²) in [4.78, 5) is 58.5. The molecule has 0 bridgehead atoms. The van der Waals surface area contributed by atoms with Crippen molar-refractivity contribution >= 4 is 84.5 Å². The van der Waals surface area contributed by atoms with Crippen LogP contribution < -0.4 is 5.32 Å². The zero-order valence-electron chi connectivity index (χ0n) is 39.4. The molecule has 16 heteroatoms. The molecule has 1 aromatic heterocycles. The summed E-state index contributed by atoms with van der Waals surface area (Å²) in [5.74, 6) is -1.97. The molecule has 0 aliphatic heterocycles. The molecule has 5 atom stereocenters. The van der Waals surface area contributed by atoms with Crippen LogP contribution in [0.25, 0.3) is 6.08 Å². The Morgan fingerprint density at radius 2 is 1.48 bits per heavy atom. The van der Waals surface area contributed by atoms with Gasteiger partial charge in [0.05, 0.1) is 35.2 Å². The van der Waals surface area contributed by atoms with Gasteiger partial charge < -0.3 is 28.7 Å². The second kappa shape index (κ2) is 24.6. The normalized spacial score (nSPS) is 16.0. The molecule has 0 aliphatic carbocycles. The van der Waals surface area contributed by atoms with Crippen LogP contribution in [-0.2, 0) is 33.0 Å². The van der Waals surface area contributed by atoms with E-state index >= 15 is 0 Å². The second-order valence-corrected chi connectivity index (χ2v) is 26.7. The molecule has 0 radical (unpaired) electrons. The zero-order chi connectivity index (χ0) is 47.1. The standard InChI is InChI=1S/C45H73Cl3N2O9SSi/c1-17-61(18-2,19-3)59-36(26-37(51)57-42(9,10)11)44(15,16)39(52)32(7)38(56-41(54)55-28-45(46,47)48)30(5)22-20-21-29(4)23-24-35(50-40(53)58-43(12,13)14)31(6)25-34-27-60-33(8)49-34/h20-21,23,25,27,30,32,35-36,38H,17-19,22,24,26,28H2,1-16H3,(H,50,53)/t30-,32+,35-,36-,38-/m0/s1. The fourth-order valence-corrected chi connectivity index (χ4v) is 10.5. The van der Waals surface area contributed by atoms with Crippen molar-refractivity contribution in [2.24, 2.45) is 17.3 Å². The Balaban J connectivity index is 3.49. The van der Waals surface area contributed by atoms with E-state index in [-0.39, 0.29) is 18.2 Å². The van der Waals surface area contributed by atoms with E-state index in [9.17, 15) is 19.2 Å². The lowest BCUT2D eigenvalue weighted by atomic mass is 9.73. The number of thiazole rings is 1. The minimum Gasteiger partial charge on any atom is -0.460 e. The number of hydrogen-bond acceptors (Lipinski definition) is 11. The van der Waals surface area contributed by atoms with Crippen LogP contribution in [0, 0.1) is 24.2 Å². The first kappa shape index (κ1) is 56.6. The molecule has 0 saturated carbocycles. The van der Waals surface area contributed by atoms with Crippen molar-refractivity contribution in [2.45, 2.75) is 181 Å². The molecule has 1 heterocycles. The summed E-state index contributed by atoms with van der Waals surface area (Å²) >= 11 is 19.1. The quantitative estimate of drug-likeness (QED) is 0.0393. The predicted octanol–water partition coefficient (Wildman–Crippen LogP) is 12.9. The smallest absolute Gasteiger partial charge is 0.460 e. The maximum Gasteiger partial charge on any atom is 0.508 e. The van der Waals surface area contributed by atoms with E-state index in [4.69, 9.17) is 58.2 Å². The highest BCUT2D eigenvalue weighted by molar-refractivity contribution is 7.09. The minimum absolute atomic E-state index is 0.119. The number of esters is 1. The Morgan fingerprint density at radius 1 is 0.902 bits per heavy atom. The number of allylic oxidation sites excluding steroid dienone is 3. The van der Waals surface area contributed by atoms with Crippen LogP contribution in [0.5, 0.6) is 0 Å². The summed E-state index contributed by atoms with van der Waals surface area (Å²) in [7, 11) is -2.33. The number of halogens is 3. The van der Waals surface area contributed by atoms with E-state index < -0.39 is 77.6 Å². The van der Waals surface area contributed by atoms with Crippen LogP contribution in [-0.4, -0.2) is 77.2 Å². The molecular weight excluding hydrogens is 879 g/mol. The molecule has 0 aromatic carbocycles. The first-order valence-electron chi connectivity index (χ1n) is 21.1. The maximum absolute atomic E-state index is 14.7. The Labute approximate surface area is 386 Å². The van der Waals surface area contributed by atoms with Crippen molar-refractivity contribution < 1.29 is 42.6 Å². The number of rotatable bonds is 22. The van der Waals surface area contributed by atoms with Crippen molar-refractivity contribution in [2.75, 3.05) is 6.61 Å². The molecule has 348 valence electrons. The van der Waals surface area contributed by atoms with Gasteiger partial charge in [0.15, 0.2) is 8.32 Å². The summed E-state index contributed by atoms with van der Waals surface area (Å²) in [5.41, 5.74) is 0.0649. The van der Waals surface area contributed by atoms with Crippen LogP contribution in [0.3, 0.4) is 0 Å². The number of alkyl halides is 3. The third kappa shape index (κ3) is 21.2. The second-order valence-electron chi connectivity index (χ2n) is 18.4. The highest BCUT2D eigenvalue weighted by Gasteiger charge is 2.48. The van der Waals surface area contributed by atoms with Gasteiger partial charge >= 0.3 is 18.2 Å². The number of hydrogen-bond donors (Lipinski definition) is 1. The van der Waals surface area contributed by atoms with Crippen molar-refractivity contribution in [3.8, 4) is 0 Å². The van der Waals surface area contributed by atoms with E-state index in [1.54, 1.807) is 52.9 Å². The Morgan fingerprint density at radius 3 is 1.97 bits per heavy atom. The first-order chi connectivity index (χ1) is 27.9. The van der Waals surface area contributed by atoms with Crippen molar-refractivity contribution in [3.63, 3.8) is 0 Å². The predicted molar refractivity (Wildman–Crippen MR) is 252 cm³/mol. The van der Waals surface area contributed by atoms with Gasteiger partial charge in [0.2, 0.25) is 3.79 Å².